The number of phenols is 2. The number of carbonyl (C=O) groups is 1. The van der Waals surface area contributed by atoms with Gasteiger partial charge in [-0.2, -0.15) is 0 Å². The fourth-order valence-corrected chi connectivity index (χ4v) is 3.02. The number of rotatable bonds is 10. The highest BCUT2D eigenvalue weighted by Gasteiger charge is 2.13. The molecule has 9 heteroatoms. The predicted molar refractivity (Wildman–Crippen MR) is 100 cm³/mol. The molecule has 2 rings (SSSR count). The van der Waals surface area contributed by atoms with Crippen molar-refractivity contribution in [2.45, 2.75) is 19.3 Å². The van der Waals surface area contributed by atoms with E-state index < -0.39 is 15.9 Å². The van der Waals surface area contributed by atoms with E-state index in [1.165, 1.54) is 31.4 Å². The zero-order valence-electron chi connectivity index (χ0n) is 15.3. The van der Waals surface area contributed by atoms with Crippen LogP contribution in [0.25, 0.3) is 0 Å². The number of methoxy groups -OCH3 is 1. The van der Waals surface area contributed by atoms with Crippen molar-refractivity contribution in [2.75, 3.05) is 19.5 Å². The molecule has 0 saturated heterocycles. The number of benzene rings is 2. The van der Waals surface area contributed by atoms with Gasteiger partial charge >= 0.3 is 0 Å². The van der Waals surface area contributed by atoms with Crippen molar-refractivity contribution in [1.29, 1.82) is 0 Å². The minimum Gasteiger partial charge on any atom is -0.748 e. The summed E-state index contributed by atoms with van der Waals surface area (Å²) in [7, 11) is -2.84. The van der Waals surface area contributed by atoms with Gasteiger partial charge < -0.3 is 24.2 Å². The van der Waals surface area contributed by atoms with Crippen LogP contribution in [0, 0.1) is 0 Å². The van der Waals surface area contributed by atoms with E-state index in [0.29, 0.717) is 12.2 Å². The lowest BCUT2D eigenvalue weighted by atomic mass is 10.0. The van der Waals surface area contributed by atoms with Crippen LogP contribution in [0.3, 0.4) is 0 Å². The monoisotopic (exact) mass is 409 g/mol. The predicted octanol–water partition coefficient (Wildman–Crippen LogP) is 2.24. The first-order valence-corrected chi connectivity index (χ1v) is 10.1. The summed E-state index contributed by atoms with van der Waals surface area (Å²) in [5, 5.41) is 19.8. The highest BCUT2D eigenvalue weighted by atomic mass is 32.2. The number of carbonyl (C=O) groups excluding carboxylic acids is 1. The zero-order chi connectivity index (χ0) is 20.7. The van der Waals surface area contributed by atoms with E-state index in [0.717, 1.165) is 5.56 Å². The molecule has 2 aromatic carbocycles. The van der Waals surface area contributed by atoms with Crippen molar-refractivity contribution in [3.63, 3.8) is 0 Å². The quantitative estimate of drug-likeness (QED) is 0.347. The third-order valence-corrected chi connectivity index (χ3v) is 4.75. The van der Waals surface area contributed by atoms with Crippen LogP contribution in [0.5, 0.6) is 23.0 Å². The topological polar surface area (TPSA) is 133 Å². The second kappa shape index (κ2) is 9.43. The van der Waals surface area contributed by atoms with Crippen LogP contribution in [0.4, 0.5) is 0 Å². The van der Waals surface area contributed by atoms with E-state index in [9.17, 15) is 28.0 Å². The number of Topliss-reactive ketones (excluding diaryl/α,β-unsaturated/α-hetero) is 1. The molecule has 0 aliphatic heterocycles. The smallest absolute Gasteiger partial charge is 0.166 e. The Morgan fingerprint density at radius 3 is 2.46 bits per heavy atom. The molecule has 0 bridgehead atoms. The van der Waals surface area contributed by atoms with Gasteiger partial charge in [-0.15, -0.1) is 0 Å². The molecule has 0 heterocycles. The van der Waals surface area contributed by atoms with Crippen molar-refractivity contribution >= 4 is 15.9 Å². The molecule has 8 nitrogen and oxygen atoms in total. The summed E-state index contributed by atoms with van der Waals surface area (Å²) in [5.74, 6) is -0.472. The van der Waals surface area contributed by atoms with Crippen LogP contribution in [0.2, 0.25) is 0 Å². The van der Waals surface area contributed by atoms with Gasteiger partial charge in [0.25, 0.3) is 0 Å². The Bertz CT molecular complexity index is 937. The number of aromatic hydroxyl groups is 2. The molecule has 0 spiro atoms. The lowest BCUT2D eigenvalue weighted by Gasteiger charge is -2.10. The van der Waals surface area contributed by atoms with E-state index in [-0.39, 0.29) is 48.0 Å². The standard InChI is InChI=1S/C19H22O8S/c1-26-19-8-4-13(11-18(19)22)3-7-16(20)15-6-5-14(12-17(15)21)27-9-2-10-28(23,24)25/h4-6,8,11-12,21-22H,2-3,7,9-10H2,1H3,(H,23,24,25)/p-1. The van der Waals surface area contributed by atoms with E-state index in [2.05, 4.69) is 0 Å². The molecule has 2 aromatic rings. The third-order valence-electron chi connectivity index (χ3n) is 3.96. The molecule has 0 saturated carbocycles. The summed E-state index contributed by atoms with van der Waals surface area (Å²) in [6.07, 6.45) is 0.528. The van der Waals surface area contributed by atoms with Crippen molar-refractivity contribution in [2.24, 2.45) is 0 Å². The lowest BCUT2D eigenvalue weighted by molar-refractivity contribution is 0.0980. The van der Waals surface area contributed by atoms with Crippen molar-refractivity contribution < 1.29 is 37.5 Å². The summed E-state index contributed by atoms with van der Waals surface area (Å²) in [4.78, 5) is 12.3. The Morgan fingerprint density at radius 1 is 1.11 bits per heavy atom. The highest BCUT2D eigenvalue weighted by molar-refractivity contribution is 7.85. The van der Waals surface area contributed by atoms with Crippen LogP contribution in [-0.4, -0.2) is 48.4 Å². The van der Waals surface area contributed by atoms with Gasteiger partial charge in [0.15, 0.2) is 17.3 Å². The number of aryl methyl sites for hydroxylation is 1. The van der Waals surface area contributed by atoms with E-state index >= 15 is 0 Å². The summed E-state index contributed by atoms with van der Waals surface area (Å²) in [6, 6.07) is 9.03. The maximum atomic E-state index is 12.3. The number of hydrogen-bond donors (Lipinski definition) is 2. The molecule has 2 N–H and O–H groups in total. The van der Waals surface area contributed by atoms with Crippen molar-refractivity contribution in [1.82, 2.24) is 0 Å². The maximum absolute atomic E-state index is 12.3. The van der Waals surface area contributed by atoms with Crippen LogP contribution in [-0.2, 0) is 16.5 Å². The summed E-state index contributed by atoms with van der Waals surface area (Å²) < 4.78 is 41.8. The number of phenolic OH excluding ortho intramolecular Hbond substituents is 2. The molecule has 0 aromatic heterocycles. The Labute approximate surface area is 163 Å². The van der Waals surface area contributed by atoms with Crippen LogP contribution >= 0.6 is 0 Å². The summed E-state index contributed by atoms with van der Waals surface area (Å²) >= 11 is 0. The van der Waals surface area contributed by atoms with E-state index in [1.807, 2.05) is 0 Å². The van der Waals surface area contributed by atoms with Gasteiger partial charge in [-0.25, -0.2) is 8.42 Å². The first kappa shape index (κ1) is 21.5. The molecule has 0 atom stereocenters. The molecule has 0 fully saturated rings. The molecule has 0 amide bonds. The average Bonchev–Trinajstić information content (AvgIpc) is 2.63. The van der Waals surface area contributed by atoms with Crippen molar-refractivity contribution in [3.8, 4) is 23.0 Å². The first-order valence-electron chi connectivity index (χ1n) is 8.48. The number of ether oxygens (including phenoxy) is 2. The van der Waals surface area contributed by atoms with Crippen LogP contribution < -0.4 is 9.47 Å². The minimum absolute atomic E-state index is 0.00480. The van der Waals surface area contributed by atoms with Crippen LogP contribution in [0.1, 0.15) is 28.8 Å². The normalized spacial score (nSPS) is 11.2. The van der Waals surface area contributed by atoms with Gasteiger partial charge in [0.2, 0.25) is 0 Å². The molecule has 0 aliphatic carbocycles. The average molecular weight is 409 g/mol. The minimum atomic E-state index is -4.29. The van der Waals surface area contributed by atoms with Gasteiger partial charge in [-0.3, -0.25) is 4.79 Å². The molecule has 0 aliphatic rings. The van der Waals surface area contributed by atoms with E-state index in [4.69, 9.17) is 9.47 Å². The van der Waals surface area contributed by atoms with Crippen LogP contribution in [0.15, 0.2) is 36.4 Å². The van der Waals surface area contributed by atoms with Gasteiger partial charge in [0.1, 0.15) is 11.5 Å². The third kappa shape index (κ3) is 6.43. The summed E-state index contributed by atoms with van der Waals surface area (Å²) in [6.45, 7) is -0.00480. The first-order chi connectivity index (χ1) is 13.2. The second-order valence-corrected chi connectivity index (χ2v) is 7.60. The zero-order valence-corrected chi connectivity index (χ0v) is 16.1. The number of hydrogen-bond acceptors (Lipinski definition) is 8. The van der Waals surface area contributed by atoms with Gasteiger partial charge in [-0.1, -0.05) is 6.07 Å². The highest BCUT2D eigenvalue weighted by Crippen LogP contribution is 2.28. The molecule has 28 heavy (non-hydrogen) atoms. The molecular formula is C19H21O8S-. The second-order valence-electron chi connectivity index (χ2n) is 6.07. The molecule has 0 unspecified atom stereocenters. The number of ketones is 1. The Morgan fingerprint density at radius 2 is 1.86 bits per heavy atom. The fraction of sp³-hybridized carbons (Fsp3) is 0.316. The molecular weight excluding hydrogens is 388 g/mol. The van der Waals surface area contributed by atoms with Gasteiger partial charge in [0, 0.05) is 18.2 Å². The maximum Gasteiger partial charge on any atom is 0.166 e. The SMILES string of the molecule is COc1ccc(CCC(=O)c2ccc(OCCCS(=O)(=O)[O-])cc2O)cc1O. The Balaban J connectivity index is 1.92. The Kier molecular flexibility index (Phi) is 7.24. The largest absolute Gasteiger partial charge is 0.748 e. The fourth-order valence-electron chi connectivity index (χ4n) is 2.55. The molecule has 0 radical (unpaired) electrons. The molecule has 152 valence electrons. The van der Waals surface area contributed by atoms with Gasteiger partial charge in [0.05, 0.1) is 29.4 Å². The van der Waals surface area contributed by atoms with Crippen molar-refractivity contribution in [3.05, 3.63) is 47.5 Å². The lowest BCUT2D eigenvalue weighted by Crippen LogP contribution is -2.09. The Hall–Kier alpha value is -2.78. The van der Waals surface area contributed by atoms with E-state index in [1.54, 1.807) is 12.1 Å². The van der Waals surface area contributed by atoms with Gasteiger partial charge in [-0.05, 0) is 42.7 Å². The summed E-state index contributed by atoms with van der Waals surface area (Å²) in [5.41, 5.74) is 0.881.